The Kier molecular flexibility index (Phi) is 7.34. The molecule has 4 rings (SSSR count). The van der Waals surface area contributed by atoms with Gasteiger partial charge in [-0.3, -0.25) is 14.4 Å². The highest BCUT2D eigenvalue weighted by molar-refractivity contribution is 6.25. The van der Waals surface area contributed by atoms with E-state index >= 15 is 0 Å². The summed E-state index contributed by atoms with van der Waals surface area (Å²) in [5.74, 6) is 0.400. The molecule has 0 aliphatic carbocycles. The molecule has 182 valence electrons. The summed E-state index contributed by atoms with van der Waals surface area (Å²) >= 11 is 0. The fraction of sp³-hybridized carbons (Fsp3) is 0.321. The highest BCUT2D eigenvalue weighted by Gasteiger charge is 2.31. The second kappa shape index (κ2) is 10.6. The van der Waals surface area contributed by atoms with Crippen LogP contribution in [0.25, 0.3) is 10.8 Å². The van der Waals surface area contributed by atoms with Crippen LogP contribution >= 0.6 is 0 Å². The fourth-order valence-corrected chi connectivity index (χ4v) is 4.75. The first-order chi connectivity index (χ1) is 17.0. The number of rotatable bonds is 10. The molecule has 1 N–H and O–H groups in total. The van der Waals surface area contributed by atoms with Crippen molar-refractivity contribution in [3.05, 3.63) is 71.8 Å². The number of methoxy groups -OCH3 is 1. The van der Waals surface area contributed by atoms with E-state index in [0.29, 0.717) is 31.5 Å². The third kappa shape index (κ3) is 4.85. The van der Waals surface area contributed by atoms with Crippen molar-refractivity contribution in [2.45, 2.75) is 38.8 Å². The second-order valence-corrected chi connectivity index (χ2v) is 8.65. The molecule has 35 heavy (non-hydrogen) atoms. The molecule has 0 saturated heterocycles. The van der Waals surface area contributed by atoms with Crippen molar-refractivity contribution in [2.75, 3.05) is 25.6 Å². The molecule has 0 bridgehead atoms. The fourth-order valence-electron chi connectivity index (χ4n) is 4.75. The van der Waals surface area contributed by atoms with E-state index in [4.69, 9.17) is 4.74 Å². The van der Waals surface area contributed by atoms with Crippen LogP contribution in [0, 0.1) is 0 Å². The average Bonchev–Trinajstić information content (AvgIpc) is 3.16. The summed E-state index contributed by atoms with van der Waals surface area (Å²) in [5.41, 5.74) is 2.51. The highest BCUT2D eigenvalue weighted by atomic mass is 16.5. The van der Waals surface area contributed by atoms with Gasteiger partial charge in [0.2, 0.25) is 11.8 Å². The third-order valence-electron chi connectivity index (χ3n) is 6.57. The smallest absolute Gasteiger partial charge is 0.258 e. The molecule has 3 aromatic rings. The molecular weight excluding hydrogens is 442 g/mol. The van der Waals surface area contributed by atoms with Gasteiger partial charge in [-0.05, 0) is 48.1 Å². The molecule has 0 saturated carbocycles. The van der Waals surface area contributed by atoms with Crippen molar-refractivity contribution < 1.29 is 19.1 Å². The van der Waals surface area contributed by atoms with Crippen LogP contribution in [0.1, 0.15) is 42.1 Å². The molecule has 1 heterocycles. The summed E-state index contributed by atoms with van der Waals surface area (Å²) in [6.45, 7) is 2.66. The van der Waals surface area contributed by atoms with Crippen molar-refractivity contribution in [3.63, 3.8) is 0 Å². The van der Waals surface area contributed by atoms with Crippen LogP contribution in [0.15, 0.2) is 60.7 Å². The Balaban J connectivity index is 1.47. The van der Waals surface area contributed by atoms with Gasteiger partial charge in [0.05, 0.1) is 12.8 Å². The Labute approximate surface area is 205 Å². The van der Waals surface area contributed by atoms with E-state index in [2.05, 4.69) is 5.32 Å². The molecule has 0 unspecified atom stereocenters. The van der Waals surface area contributed by atoms with E-state index in [1.807, 2.05) is 67.6 Å². The molecule has 0 radical (unpaired) electrons. The normalized spacial score (nSPS) is 13.1. The molecule has 1 aliphatic rings. The van der Waals surface area contributed by atoms with Crippen LogP contribution in [0.5, 0.6) is 5.75 Å². The lowest BCUT2D eigenvalue weighted by Crippen LogP contribution is -2.48. The quantitative estimate of drug-likeness (QED) is 0.480. The van der Waals surface area contributed by atoms with Crippen LogP contribution < -0.4 is 15.0 Å². The van der Waals surface area contributed by atoms with Gasteiger partial charge >= 0.3 is 0 Å². The number of carbonyl (C=O) groups is 3. The summed E-state index contributed by atoms with van der Waals surface area (Å²) < 4.78 is 5.22. The maximum atomic E-state index is 13.4. The molecule has 1 atom stereocenters. The van der Waals surface area contributed by atoms with Gasteiger partial charge in [0, 0.05) is 37.5 Å². The zero-order chi connectivity index (χ0) is 24.9. The molecule has 3 amide bonds. The summed E-state index contributed by atoms with van der Waals surface area (Å²) in [5, 5.41) is 4.68. The first kappa shape index (κ1) is 24.3. The first-order valence-electron chi connectivity index (χ1n) is 12.0. The lowest BCUT2D eigenvalue weighted by Gasteiger charge is -2.30. The zero-order valence-electron chi connectivity index (χ0n) is 20.4. The van der Waals surface area contributed by atoms with E-state index < -0.39 is 6.04 Å². The molecule has 0 fully saturated rings. The SMILES string of the molecule is CC[C@@H](C(=O)NC)N(Cc1ccc(OC)cc1)C(=O)CCCN1C(=O)c2cccc3cccc1c23. The number of likely N-dealkylation sites (N-methyl/N-ethyl adjacent to an activating group) is 1. The number of benzene rings is 3. The number of nitrogens with one attached hydrogen (secondary N) is 1. The van der Waals surface area contributed by atoms with E-state index in [0.717, 1.165) is 27.8 Å². The minimum absolute atomic E-state index is 0.0314. The van der Waals surface area contributed by atoms with Gasteiger partial charge in [-0.1, -0.05) is 43.3 Å². The largest absolute Gasteiger partial charge is 0.497 e. The Hall–Kier alpha value is -3.87. The minimum Gasteiger partial charge on any atom is -0.497 e. The standard InChI is InChI=1S/C28H31N3O4/c1-4-23(27(33)29-2)31(18-19-13-15-21(35-3)16-14-19)25(32)12-7-17-30-24-11-6-9-20-8-5-10-22(26(20)24)28(30)34/h5-6,8-11,13-16,23H,4,7,12,17-18H2,1-3H3,(H,29,33)/t23-/m0/s1. The molecule has 3 aromatic carbocycles. The highest BCUT2D eigenvalue weighted by Crippen LogP contribution is 2.37. The Morgan fingerprint density at radius 3 is 2.43 bits per heavy atom. The first-order valence-corrected chi connectivity index (χ1v) is 12.0. The predicted molar refractivity (Wildman–Crippen MR) is 137 cm³/mol. The summed E-state index contributed by atoms with van der Waals surface area (Å²) in [6, 6.07) is 18.6. The molecule has 7 nitrogen and oxygen atoms in total. The second-order valence-electron chi connectivity index (χ2n) is 8.65. The van der Waals surface area contributed by atoms with E-state index in [1.165, 1.54) is 0 Å². The van der Waals surface area contributed by atoms with Crippen LogP contribution in [0.3, 0.4) is 0 Å². The summed E-state index contributed by atoms with van der Waals surface area (Å²) in [4.78, 5) is 42.4. The van der Waals surface area contributed by atoms with Gasteiger partial charge in [-0.2, -0.15) is 0 Å². The maximum Gasteiger partial charge on any atom is 0.258 e. The van der Waals surface area contributed by atoms with Gasteiger partial charge in [-0.25, -0.2) is 0 Å². The van der Waals surface area contributed by atoms with Crippen LogP contribution in [-0.2, 0) is 16.1 Å². The van der Waals surface area contributed by atoms with Gasteiger partial charge in [0.25, 0.3) is 5.91 Å². The maximum absolute atomic E-state index is 13.4. The number of nitrogens with zero attached hydrogens (tertiary/aromatic N) is 2. The number of amides is 3. The van der Waals surface area contributed by atoms with Crippen molar-refractivity contribution in [1.29, 1.82) is 0 Å². The lowest BCUT2D eigenvalue weighted by atomic mass is 10.1. The molecular formula is C28H31N3O4. The molecule has 0 spiro atoms. The lowest BCUT2D eigenvalue weighted by molar-refractivity contribution is -0.141. The minimum atomic E-state index is -0.568. The van der Waals surface area contributed by atoms with E-state index in [9.17, 15) is 14.4 Å². The van der Waals surface area contributed by atoms with Gasteiger partial charge < -0.3 is 19.9 Å². The number of hydrogen-bond donors (Lipinski definition) is 1. The number of ether oxygens (including phenoxy) is 1. The van der Waals surface area contributed by atoms with Crippen LogP contribution in [-0.4, -0.2) is 49.4 Å². The Bertz CT molecular complexity index is 1230. The average molecular weight is 474 g/mol. The van der Waals surface area contributed by atoms with Crippen molar-refractivity contribution in [2.24, 2.45) is 0 Å². The van der Waals surface area contributed by atoms with Gasteiger partial charge in [0.15, 0.2) is 0 Å². The number of carbonyl (C=O) groups excluding carboxylic acids is 3. The summed E-state index contributed by atoms with van der Waals surface area (Å²) in [7, 11) is 3.19. The zero-order valence-corrected chi connectivity index (χ0v) is 20.4. The number of hydrogen-bond acceptors (Lipinski definition) is 4. The van der Waals surface area contributed by atoms with Gasteiger partial charge in [-0.15, -0.1) is 0 Å². The Morgan fingerprint density at radius 1 is 1.06 bits per heavy atom. The van der Waals surface area contributed by atoms with E-state index in [1.54, 1.807) is 24.0 Å². The van der Waals surface area contributed by atoms with E-state index in [-0.39, 0.29) is 24.1 Å². The van der Waals surface area contributed by atoms with Crippen LogP contribution in [0.4, 0.5) is 5.69 Å². The van der Waals surface area contributed by atoms with Crippen LogP contribution in [0.2, 0.25) is 0 Å². The molecule has 0 aromatic heterocycles. The monoisotopic (exact) mass is 473 g/mol. The van der Waals surface area contributed by atoms with Crippen molar-refractivity contribution >= 4 is 34.2 Å². The molecule has 1 aliphatic heterocycles. The van der Waals surface area contributed by atoms with Crippen molar-refractivity contribution in [1.82, 2.24) is 10.2 Å². The Morgan fingerprint density at radius 2 is 1.77 bits per heavy atom. The third-order valence-corrected chi connectivity index (χ3v) is 6.57. The topological polar surface area (TPSA) is 79.0 Å². The van der Waals surface area contributed by atoms with Gasteiger partial charge in [0.1, 0.15) is 11.8 Å². The van der Waals surface area contributed by atoms with Crippen molar-refractivity contribution in [3.8, 4) is 5.75 Å². The summed E-state index contributed by atoms with van der Waals surface area (Å²) in [6.07, 6.45) is 1.24. The molecule has 7 heteroatoms. The predicted octanol–water partition coefficient (Wildman–Crippen LogP) is 4.14. The number of anilines is 1.